The maximum absolute atomic E-state index is 12.6. The van der Waals surface area contributed by atoms with Crippen molar-refractivity contribution in [1.82, 2.24) is 4.57 Å². The number of allylic oxidation sites excluding steroid dienone is 4. The van der Waals surface area contributed by atoms with Gasteiger partial charge in [-0.2, -0.15) is 0 Å². The molecule has 2 aromatic carbocycles. The van der Waals surface area contributed by atoms with Crippen LogP contribution in [0.2, 0.25) is 0 Å². The molecule has 1 aliphatic carbocycles. The van der Waals surface area contributed by atoms with Crippen LogP contribution in [0.5, 0.6) is 0 Å². The number of carbonyl (C=O) groups is 1. The van der Waals surface area contributed by atoms with Crippen molar-refractivity contribution < 1.29 is 4.79 Å². The van der Waals surface area contributed by atoms with Gasteiger partial charge in [0.2, 0.25) is 0 Å². The van der Waals surface area contributed by atoms with E-state index in [4.69, 9.17) is 0 Å². The molecule has 34 heavy (non-hydrogen) atoms. The van der Waals surface area contributed by atoms with Crippen LogP contribution in [0, 0.1) is 6.42 Å². The first-order valence-corrected chi connectivity index (χ1v) is 11.8. The number of Topliss-reactive ketones (excluding diaryl/α,β-unsaturated/α-hetero) is 1. The molecule has 1 aliphatic heterocycles. The number of hydrogen-bond donors (Lipinski definition) is 0. The standard InChI is InChI=1S/C30H19N2OS/c1-2-20-6-14-25(15-7-20)32-26(17-28-27(32)18-29(34-28)30(33)23-12-13-23)22-10-8-21(9-11-22)24-5-3-4-16-31-19-24/h2,4-19H,1H2. The monoisotopic (exact) mass is 455 g/mol. The molecule has 0 N–H and O–H groups in total. The second-order valence-electron chi connectivity index (χ2n) is 8.08. The third kappa shape index (κ3) is 3.65. The van der Waals surface area contributed by atoms with Gasteiger partial charge >= 0.3 is 0 Å². The van der Waals surface area contributed by atoms with Crippen LogP contribution in [0.25, 0.3) is 38.8 Å². The predicted octanol–water partition coefficient (Wildman–Crippen LogP) is 7.47. The lowest BCUT2D eigenvalue weighted by Gasteiger charge is -2.12. The van der Waals surface area contributed by atoms with Crippen molar-refractivity contribution in [2.24, 2.45) is 4.99 Å². The highest BCUT2D eigenvalue weighted by atomic mass is 32.1. The summed E-state index contributed by atoms with van der Waals surface area (Å²) in [7, 11) is 0. The van der Waals surface area contributed by atoms with Gasteiger partial charge in [-0.05, 0) is 53.1 Å². The Morgan fingerprint density at radius 2 is 1.79 bits per heavy atom. The molecule has 4 aromatic rings. The van der Waals surface area contributed by atoms with Crippen LogP contribution in [-0.2, 0) is 0 Å². The molecule has 6 rings (SSSR count). The summed E-state index contributed by atoms with van der Waals surface area (Å²) in [4.78, 5) is 17.7. The molecule has 2 aromatic heterocycles. The van der Waals surface area contributed by atoms with Crippen LogP contribution in [0.1, 0.15) is 20.8 Å². The summed E-state index contributed by atoms with van der Waals surface area (Å²) in [5.74, 6) is 0.0992. The number of rotatable bonds is 6. The third-order valence-corrected chi connectivity index (χ3v) is 6.99. The van der Waals surface area contributed by atoms with E-state index in [1.807, 2.05) is 36.9 Å². The van der Waals surface area contributed by atoms with E-state index in [1.165, 1.54) is 0 Å². The van der Waals surface area contributed by atoms with E-state index in [9.17, 15) is 4.79 Å². The van der Waals surface area contributed by atoms with Crippen LogP contribution >= 0.6 is 11.3 Å². The number of carbonyl (C=O) groups excluding carboxylic acids is 1. The Balaban J connectivity index is 1.47. The maximum atomic E-state index is 12.6. The highest BCUT2D eigenvalue weighted by molar-refractivity contribution is 7.21. The minimum atomic E-state index is 0.0992. The summed E-state index contributed by atoms with van der Waals surface area (Å²) in [5.41, 5.74) is 11.3. The van der Waals surface area contributed by atoms with E-state index in [2.05, 4.69) is 76.5 Å². The number of aliphatic imine (C=N–C) groups is 1. The van der Waals surface area contributed by atoms with Gasteiger partial charge in [0, 0.05) is 35.7 Å². The first-order chi connectivity index (χ1) is 16.7. The van der Waals surface area contributed by atoms with Crippen molar-refractivity contribution >= 4 is 45.2 Å². The highest BCUT2D eigenvalue weighted by Crippen LogP contribution is 2.38. The molecule has 0 unspecified atom stereocenters. The third-order valence-electron chi connectivity index (χ3n) is 5.92. The minimum Gasteiger partial charge on any atom is -0.308 e. The summed E-state index contributed by atoms with van der Waals surface area (Å²) >= 11 is 1.54. The van der Waals surface area contributed by atoms with Gasteiger partial charge in [-0.25, -0.2) is 0 Å². The smallest absolute Gasteiger partial charge is 0.199 e. The first kappa shape index (κ1) is 20.4. The van der Waals surface area contributed by atoms with Gasteiger partial charge in [-0.1, -0.05) is 55.1 Å². The fourth-order valence-corrected chi connectivity index (χ4v) is 5.11. The Morgan fingerprint density at radius 3 is 2.53 bits per heavy atom. The Morgan fingerprint density at radius 1 is 1.03 bits per heavy atom. The molecule has 3 nitrogen and oxygen atoms in total. The molecule has 1 radical (unpaired) electrons. The summed E-state index contributed by atoms with van der Waals surface area (Å²) in [6.07, 6.45) is 12.9. The molecule has 3 heterocycles. The summed E-state index contributed by atoms with van der Waals surface area (Å²) in [6, 6.07) is 21.0. The van der Waals surface area contributed by atoms with Gasteiger partial charge in [0.1, 0.15) is 0 Å². The molecule has 0 atom stereocenters. The lowest BCUT2D eigenvalue weighted by atomic mass is 10.0. The van der Waals surface area contributed by atoms with Gasteiger partial charge in [0.15, 0.2) is 5.78 Å². The van der Waals surface area contributed by atoms with Gasteiger partial charge < -0.3 is 4.57 Å². The van der Waals surface area contributed by atoms with E-state index in [-0.39, 0.29) is 5.78 Å². The fourth-order valence-electron chi connectivity index (χ4n) is 4.07. The van der Waals surface area contributed by atoms with Crippen molar-refractivity contribution in [2.75, 3.05) is 0 Å². The molecular formula is C30H19N2OS. The van der Waals surface area contributed by atoms with Crippen LogP contribution in [0.15, 0.2) is 108 Å². The second-order valence-corrected chi connectivity index (χ2v) is 9.16. The predicted molar refractivity (Wildman–Crippen MR) is 143 cm³/mol. The molecule has 0 saturated carbocycles. The van der Waals surface area contributed by atoms with Crippen LogP contribution in [0.4, 0.5) is 0 Å². The van der Waals surface area contributed by atoms with Crippen LogP contribution in [-0.4, -0.2) is 16.6 Å². The normalized spacial score (nSPS) is 14.1. The lowest BCUT2D eigenvalue weighted by Crippen LogP contribution is -1.97. The summed E-state index contributed by atoms with van der Waals surface area (Å²) in [6.45, 7) is 3.86. The fraction of sp³-hybridized carbons (Fsp3) is 0. The maximum Gasteiger partial charge on any atom is 0.199 e. The Hall–Kier alpha value is -4.24. The van der Waals surface area contributed by atoms with Crippen molar-refractivity contribution in [3.63, 3.8) is 0 Å². The Kier molecular flexibility index (Phi) is 4.96. The molecule has 0 fully saturated rings. The molecule has 161 valence electrons. The van der Waals surface area contributed by atoms with Crippen molar-refractivity contribution in [1.29, 1.82) is 0 Å². The van der Waals surface area contributed by atoms with E-state index in [1.54, 1.807) is 23.6 Å². The van der Waals surface area contributed by atoms with Crippen molar-refractivity contribution in [3.05, 3.63) is 125 Å². The van der Waals surface area contributed by atoms with E-state index in [0.717, 1.165) is 54.3 Å². The number of aromatic nitrogens is 1. The average molecular weight is 456 g/mol. The van der Waals surface area contributed by atoms with Crippen LogP contribution in [0.3, 0.4) is 0 Å². The number of ketones is 1. The van der Waals surface area contributed by atoms with Gasteiger partial charge in [0.05, 0.1) is 20.8 Å². The quantitative estimate of drug-likeness (QED) is 0.219. The molecule has 0 saturated heterocycles. The molecule has 0 amide bonds. The first-order valence-electron chi connectivity index (χ1n) is 10.9. The van der Waals surface area contributed by atoms with Crippen LogP contribution < -0.4 is 0 Å². The van der Waals surface area contributed by atoms with Gasteiger partial charge in [0.25, 0.3) is 0 Å². The second kappa shape index (κ2) is 8.27. The topological polar surface area (TPSA) is 34.4 Å². The number of hydrogen-bond acceptors (Lipinski definition) is 3. The SMILES string of the molecule is C=Cc1ccc(-n2c(-c3ccc(C4=CN=CC=C=C4)cc3)cc3sc(C(=O)C4=C[CH]4)cc32)cc1. The van der Waals surface area contributed by atoms with Crippen molar-refractivity contribution in [2.45, 2.75) is 0 Å². The van der Waals surface area contributed by atoms with Gasteiger partial charge in [-0.3, -0.25) is 9.79 Å². The molecular weight excluding hydrogens is 436 g/mol. The number of nitrogens with zero attached hydrogens (tertiary/aromatic N) is 2. The molecule has 0 bridgehead atoms. The number of fused-ring (bicyclic) bond motifs is 1. The molecule has 4 heteroatoms. The zero-order valence-electron chi connectivity index (χ0n) is 18.2. The minimum absolute atomic E-state index is 0.0992. The summed E-state index contributed by atoms with van der Waals surface area (Å²) in [5, 5.41) is 0. The highest BCUT2D eigenvalue weighted by Gasteiger charge is 2.23. The number of benzene rings is 2. The number of thiophene rings is 1. The summed E-state index contributed by atoms with van der Waals surface area (Å²) < 4.78 is 3.32. The zero-order valence-corrected chi connectivity index (χ0v) is 19.0. The zero-order chi connectivity index (χ0) is 23.1. The average Bonchev–Trinajstić information content (AvgIpc) is 3.62. The largest absolute Gasteiger partial charge is 0.308 e. The Bertz CT molecular complexity index is 1610. The van der Waals surface area contributed by atoms with Gasteiger partial charge in [-0.15, -0.1) is 17.1 Å². The van der Waals surface area contributed by atoms with E-state index in [0.29, 0.717) is 0 Å². The molecule has 0 spiro atoms. The molecule has 2 aliphatic rings. The van der Waals surface area contributed by atoms with E-state index < -0.39 is 0 Å². The van der Waals surface area contributed by atoms with E-state index >= 15 is 0 Å². The Labute approximate surface area is 201 Å². The lowest BCUT2D eigenvalue weighted by molar-refractivity contribution is 0.104. The van der Waals surface area contributed by atoms with Crippen molar-refractivity contribution in [3.8, 4) is 16.9 Å².